The molecule has 0 aliphatic rings. The van der Waals surface area contributed by atoms with Gasteiger partial charge in [-0.15, -0.1) is 0 Å². The summed E-state index contributed by atoms with van der Waals surface area (Å²) < 4.78 is 27.8. The molecule has 144 valence electrons. The lowest BCUT2D eigenvalue weighted by Crippen LogP contribution is -2.45. The monoisotopic (exact) mass is 392 g/mol. The maximum Gasteiger partial charge on any atom is 0.507 e. The van der Waals surface area contributed by atoms with E-state index in [4.69, 9.17) is 20.4 Å². The fourth-order valence-corrected chi connectivity index (χ4v) is 2.40. The van der Waals surface area contributed by atoms with Crippen molar-refractivity contribution in [3.63, 3.8) is 0 Å². The van der Waals surface area contributed by atoms with Gasteiger partial charge in [0.1, 0.15) is 19.3 Å². The van der Waals surface area contributed by atoms with Crippen molar-refractivity contribution in [2.75, 3.05) is 13.2 Å². The van der Waals surface area contributed by atoms with E-state index in [1.807, 2.05) is 0 Å². The van der Waals surface area contributed by atoms with Crippen LogP contribution in [0.4, 0.5) is 19.2 Å². The molecule has 0 fully saturated rings. The Morgan fingerprint density at radius 2 is 1.40 bits per heavy atom. The number of carbonyl (C=O) groups is 4. The van der Waals surface area contributed by atoms with Gasteiger partial charge in [-0.2, -0.15) is 0 Å². The molecule has 0 saturated heterocycles. The SMILES string of the molecule is O=C(O)OCC(CC(COC(=O)O)(OC(=O)O)P(=O)(O)O)OC(=O)O. The second-order valence-electron chi connectivity index (χ2n) is 4.20. The highest BCUT2D eigenvalue weighted by atomic mass is 31.2. The first kappa shape index (κ1) is 22.2. The van der Waals surface area contributed by atoms with Crippen LogP contribution in [0.15, 0.2) is 0 Å². The van der Waals surface area contributed by atoms with E-state index >= 15 is 0 Å². The average molecular weight is 392 g/mol. The first-order valence-corrected chi connectivity index (χ1v) is 7.49. The molecule has 2 unspecified atom stereocenters. The van der Waals surface area contributed by atoms with Crippen molar-refractivity contribution in [2.45, 2.75) is 17.9 Å². The predicted octanol–water partition coefficient (Wildman–Crippen LogP) is 0.398. The van der Waals surface area contributed by atoms with Crippen molar-refractivity contribution in [3.8, 4) is 0 Å². The van der Waals surface area contributed by atoms with Gasteiger partial charge in [-0.3, -0.25) is 4.57 Å². The molecule has 0 spiro atoms. The number of hydrogen-bond acceptors (Lipinski definition) is 9. The van der Waals surface area contributed by atoms with Crippen molar-refractivity contribution in [2.24, 2.45) is 0 Å². The van der Waals surface area contributed by atoms with Crippen molar-refractivity contribution < 1.29 is 72.9 Å². The lowest BCUT2D eigenvalue weighted by molar-refractivity contribution is -0.0670. The van der Waals surface area contributed by atoms with Crippen LogP contribution in [-0.4, -0.2) is 79.5 Å². The lowest BCUT2D eigenvalue weighted by Gasteiger charge is -2.33. The van der Waals surface area contributed by atoms with Gasteiger partial charge < -0.3 is 49.2 Å². The Morgan fingerprint density at radius 1 is 0.880 bits per heavy atom. The molecule has 0 aromatic carbocycles. The Kier molecular flexibility index (Phi) is 7.92. The van der Waals surface area contributed by atoms with Gasteiger partial charge in [0.15, 0.2) is 0 Å². The highest BCUT2D eigenvalue weighted by Crippen LogP contribution is 2.54. The zero-order chi connectivity index (χ0) is 19.8. The minimum Gasteiger partial charge on any atom is -0.450 e. The fourth-order valence-electron chi connectivity index (χ4n) is 1.53. The Labute approximate surface area is 137 Å². The molecule has 0 aliphatic heterocycles. The smallest absolute Gasteiger partial charge is 0.450 e. The summed E-state index contributed by atoms with van der Waals surface area (Å²) in [6, 6.07) is 0. The predicted molar refractivity (Wildman–Crippen MR) is 69.4 cm³/mol. The quantitative estimate of drug-likeness (QED) is 0.176. The topological polar surface area (TPSA) is 244 Å². The third kappa shape index (κ3) is 8.05. The van der Waals surface area contributed by atoms with E-state index in [9.17, 15) is 33.5 Å². The normalized spacial score (nSPS) is 14.5. The zero-order valence-electron chi connectivity index (χ0n) is 12.0. The average Bonchev–Trinajstić information content (AvgIpc) is 2.39. The van der Waals surface area contributed by atoms with Crippen LogP contribution in [0.1, 0.15) is 6.42 Å². The largest absolute Gasteiger partial charge is 0.507 e. The third-order valence-corrected chi connectivity index (χ3v) is 3.90. The first-order valence-electron chi connectivity index (χ1n) is 5.87. The van der Waals surface area contributed by atoms with E-state index < -0.39 is 63.3 Å². The second-order valence-corrected chi connectivity index (χ2v) is 6.10. The van der Waals surface area contributed by atoms with Crippen LogP contribution >= 0.6 is 7.60 Å². The third-order valence-electron chi connectivity index (χ3n) is 2.44. The molecule has 0 radical (unpaired) electrons. The molecule has 0 saturated carbocycles. The van der Waals surface area contributed by atoms with Crippen molar-refractivity contribution >= 4 is 32.2 Å². The van der Waals surface area contributed by atoms with Crippen molar-refractivity contribution in [1.82, 2.24) is 0 Å². The van der Waals surface area contributed by atoms with Crippen LogP contribution in [-0.2, 0) is 23.5 Å². The van der Waals surface area contributed by atoms with Crippen LogP contribution in [0.5, 0.6) is 0 Å². The van der Waals surface area contributed by atoms with Crippen LogP contribution < -0.4 is 0 Å². The molecule has 15 nitrogen and oxygen atoms in total. The maximum atomic E-state index is 11.6. The summed E-state index contributed by atoms with van der Waals surface area (Å²) in [6.07, 6.45) is -11.5. The molecular formula is C9H13O15P. The summed E-state index contributed by atoms with van der Waals surface area (Å²) in [5.74, 6) is 0. The van der Waals surface area contributed by atoms with Crippen LogP contribution in [0.25, 0.3) is 0 Å². The van der Waals surface area contributed by atoms with E-state index in [-0.39, 0.29) is 0 Å². The van der Waals surface area contributed by atoms with Crippen molar-refractivity contribution in [1.29, 1.82) is 0 Å². The van der Waals surface area contributed by atoms with Gasteiger partial charge in [0.05, 0.1) is 0 Å². The summed E-state index contributed by atoms with van der Waals surface area (Å²) >= 11 is 0. The maximum absolute atomic E-state index is 11.6. The lowest BCUT2D eigenvalue weighted by atomic mass is 10.1. The molecule has 2 atom stereocenters. The van der Waals surface area contributed by atoms with E-state index in [0.29, 0.717) is 0 Å². The van der Waals surface area contributed by atoms with Crippen molar-refractivity contribution in [3.05, 3.63) is 0 Å². The highest BCUT2D eigenvalue weighted by Gasteiger charge is 2.54. The molecule has 0 aliphatic carbocycles. The van der Waals surface area contributed by atoms with Gasteiger partial charge in [-0.25, -0.2) is 19.2 Å². The van der Waals surface area contributed by atoms with E-state index in [0.717, 1.165) is 0 Å². The minimum atomic E-state index is -5.63. The van der Waals surface area contributed by atoms with Gasteiger partial charge in [0.25, 0.3) is 5.34 Å². The second kappa shape index (κ2) is 8.91. The molecule has 25 heavy (non-hydrogen) atoms. The highest BCUT2D eigenvalue weighted by molar-refractivity contribution is 7.53. The zero-order valence-corrected chi connectivity index (χ0v) is 12.9. The Hall–Kier alpha value is -2.77. The molecule has 0 aromatic heterocycles. The van der Waals surface area contributed by atoms with Gasteiger partial charge in [0.2, 0.25) is 0 Å². The van der Waals surface area contributed by atoms with Gasteiger partial charge >= 0.3 is 32.2 Å². The Bertz CT molecular complexity index is 565. The summed E-state index contributed by atoms with van der Waals surface area (Å²) in [5.41, 5.74) is 0. The van der Waals surface area contributed by atoms with Crippen LogP contribution in [0, 0.1) is 0 Å². The van der Waals surface area contributed by atoms with Crippen LogP contribution in [0.2, 0.25) is 0 Å². The van der Waals surface area contributed by atoms with Crippen LogP contribution in [0.3, 0.4) is 0 Å². The number of rotatable bonds is 9. The molecule has 0 amide bonds. The number of ether oxygens (including phenoxy) is 4. The van der Waals surface area contributed by atoms with Gasteiger partial charge in [-0.1, -0.05) is 0 Å². The fraction of sp³-hybridized carbons (Fsp3) is 0.556. The van der Waals surface area contributed by atoms with Gasteiger partial charge in [0, 0.05) is 6.42 Å². The van der Waals surface area contributed by atoms with E-state index in [1.54, 1.807) is 0 Å². The Balaban J connectivity index is 5.73. The Morgan fingerprint density at radius 3 is 1.76 bits per heavy atom. The summed E-state index contributed by atoms with van der Waals surface area (Å²) in [6.45, 7) is -2.63. The molecule has 0 bridgehead atoms. The summed E-state index contributed by atoms with van der Waals surface area (Å²) in [4.78, 5) is 60.8. The molecule has 6 N–H and O–H groups in total. The number of carboxylic acid groups (broad SMARTS) is 4. The molecule has 16 heteroatoms. The van der Waals surface area contributed by atoms with E-state index in [2.05, 4.69) is 18.9 Å². The van der Waals surface area contributed by atoms with Gasteiger partial charge in [-0.05, 0) is 0 Å². The molecular weight excluding hydrogens is 379 g/mol. The van der Waals surface area contributed by atoms with E-state index in [1.165, 1.54) is 0 Å². The molecule has 0 rings (SSSR count). The molecule has 0 heterocycles. The summed E-state index contributed by atoms with van der Waals surface area (Å²) in [5, 5.41) is 30.8. The number of hydrogen-bond donors (Lipinski definition) is 6. The standard InChI is InChI=1S/C9H13O15P/c10-5(11)21-2-4(23-7(14)15)1-9(24-8(16)17,25(18,19)20)3-22-6(12)13/h4H,1-3H2,(H,10,11)(H,12,13)(H,14,15)(H,16,17)(H2,18,19,20). The minimum absolute atomic E-state index is 1.10. The first-order chi connectivity index (χ1) is 11.3. The summed E-state index contributed by atoms with van der Waals surface area (Å²) in [7, 11) is -5.63. The molecule has 0 aromatic rings.